The van der Waals surface area contributed by atoms with Crippen molar-refractivity contribution in [3.63, 3.8) is 0 Å². The van der Waals surface area contributed by atoms with E-state index in [1.54, 1.807) is 50.4 Å². The fourth-order valence-corrected chi connectivity index (χ4v) is 2.84. The van der Waals surface area contributed by atoms with Gasteiger partial charge in [0.2, 0.25) is 6.29 Å². The molecule has 1 amide bonds. The Bertz CT molecular complexity index is 826. The van der Waals surface area contributed by atoms with Gasteiger partial charge in [0.25, 0.3) is 5.91 Å². The summed E-state index contributed by atoms with van der Waals surface area (Å²) in [6.45, 7) is 1.38. The van der Waals surface area contributed by atoms with E-state index < -0.39 is 24.6 Å². The lowest BCUT2D eigenvalue weighted by Crippen LogP contribution is -2.47. The molecule has 0 radical (unpaired) electrons. The molecule has 0 aliphatic rings. The molecule has 4 unspecified atom stereocenters. The predicted molar refractivity (Wildman–Crippen MR) is 106 cm³/mol. The van der Waals surface area contributed by atoms with Gasteiger partial charge in [0.15, 0.2) is 0 Å². The Morgan fingerprint density at radius 3 is 2.34 bits per heavy atom. The van der Waals surface area contributed by atoms with E-state index in [1.807, 2.05) is 6.07 Å². The number of aliphatic hydroxyl groups is 5. The minimum absolute atomic E-state index is 0.145. The average molecular weight is 405 g/mol. The van der Waals surface area contributed by atoms with E-state index in [0.717, 1.165) is 11.1 Å². The van der Waals surface area contributed by atoms with Crippen LogP contribution in [-0.4, -0.2) is 69.7 Å². The maximum atomic E-state index is 11.8. The number of ether oxygens (including phenoxy) is 1. The van der Waals surface area contributed by atoms with Crippen LogP contribution in [0.15, 0.2) is 42.5 Å². The average Bonchev–Trinajstić information content (AvgIpc) is 2.73. The van der Waals surface area contributed by atoms with Crippen molar-refractivity contribution in [1.82, 2.24) is 5.32 Å². The maximum absolute atomic E-state index is 11.8. The van der Waals surface area contributed by atoms with E-state index in [9.17, 15) is 25.2 Å². The zero-order valence-electron chi connectivity index (χ0n) is 16.3. The van der Waals surface area contributed by atoms with Crippen molar-refractivity contribution in [2.24, 2.45) is 0 Å². The van der Waals surface area contributed by atoms with Gasteiger partial charge >= 0.3 is 0 Å². The van der Waals surface area contributed by atoms with Crippen LogP contribution in [0.5, 0.6) is 5.75 Å². The first-order valence-corrected chi connectivity index (χ1v) is 9.21. The molecule has 4 atom stereocenters. The molecule has 2 aromatic carbocycles. The van der Waals surface area contributed by atoms with Crippen LogP contribution in [0.2, 0.25) is 0 Å². The molecule has 8 nitrogen and oxygen atoms in total. The van der Waals surface area contributed by atoms with E-state index in [4.69, 9.17) is 9.84 Å². The van der Waals surface area contributed by atoms with Crippen LogP contribution in [0, 0.1) is 6.92 Å². The summed E-state index contributed by atoms with van der Waals surface area (Å²) in [5.41, 5.74) is 2.83. The lowest BCUT2D eigenvalue weighted by atomic mass is 10.0. The van der Waals surface area contributed by atoms with Gasteiger partial charge < -0.3 is 35.6 Å². The second-order valence-electron chi connectivity index (χ2n) is 6.71. The molecule has 2 rings (SSSR count). The molecular formula is C21H27NO7. The number of nitrogens with one attached hydrogen (secondary N) is 1. The smallest absolute Gasteiger partial charge is 0.251 e. The van der Waals surface area contributed by atoms with Crippen molar-refractivity contribution in [1.29, 1.82) is 0 Å². The van der Waals surface area contributed by atoms with Gasteiger partial charge in [-0.15, -0.1) is 0 Å². The summed E-state index contributed by atoms with van der Waals surface area (Å²) in [6, 6.07) is 12.2. The molecule has 2 aromatic rings. The van der Waals surface area contributed by atoms with E-state index in [-0.39, 0.29) is 24.7 Å². The molecular weight excluding hydrogens is 378 g/mol. The van der Waals surface area contributed by atoms with Crippen LogP contribution in [0.1, 0.15) is 22.3 Å². The van der Waals surface area contributed by atoms with Crippen LogP contribution >= 0.6 is 0 Å². The Hall–Kier alpha value is -2.49. The van der Waals surface area contributed by atoms with E-state index >= 15 is 0 Å². The molecule has 29 heavy (non-hydrogen) atoms. The molecule has 6 N–H and O–H groups in total. The Morgan fingerprint density at radius 2 is 1.72 bits per heavy atom. The van der Waals surface area contributed by atoms with E-state index in [0.29, 0.717) is 11.1 Å². The maximum Gasteiger partial charge on any atom is 0.251 e. The second-order valence-corrected chi connectivity index (χ2v) is 6.71. The number of hydrogen-bond donors (Lipinski definition) is 6. The largest absolute Gasteiger partial charge is 0.462 e. The summed E-state index contributed by atoms with van der Waals surface area (Å²) in [5, 5.41) is 50.8. The first-order valence-electron chi connectivity index (χ1n) is 9.21. The summed E-state index contributed by atoms with van der Waals surface area (Å²) < 4.78 is 5.33. The van der Waals surface area contributed by atoms with E-state index in [1.165, 1.54) is 0 Å². The van der Waals surface area contributed by atoms with Gasteiger partial charge in [-0.25, -0.2) is 0 Å². The molecule has 0 saturated heterocycles. The molecule has 0 bridgehead atoms. The highest BCUT2D eigenvalue weighted by Crippen LogP contribution is 2.28. The van der Waals surface area contributed by atoms with Crippen molar-refractivity contribution in [2.45, 2.75) is 37.9 Å². The first kappa shape index (κ1) is 22.8. The zero-order chi connectivity index (χ0) is 21.6. The summed E-state index contributed by atoms with van der Waals surface area (Å²) in [6.07, 6.45) is -6.76. The topological polar surface area (TPSA) is 139 Å². The third-order valence-corrected chi connectivity index (χ3v) is 4.57. The molecule has 0 fully saturated rings. The number of carbonyl (C=O) groups is 1. The van der Waals surface area contributed by atoms with Crippen LogP contribution < -0.4 is 10.1 Å². The van der Waals surface area contributed by atoms with Gasteiger partial charge in [0, 0.05) is 19.2 Å². The quantitative estimate of drug-likeness (QED) is 0.327. The van der Waals surface area contributed by atoms with Crippen molar-refractivity contribution >= 4 is 5.91 Å². The molecule has 8 heteroatoms. The number of aryl methyl sites for hydroxylation is 1. The minimum atomic E-state index is -1.78. The molecule has 0 heterocycles. The van der Waals surface area contributed by atoms with E-state index in [2.05, 4.69) is 5.32 Å². The number of aliphatic hydroxyl groups excluding tert-OH is 5. The minimum Gasteiger partial charge on any atom is -0.462 e. The normalized spacial score (nSPS) is 15.3. The van der Waals surface area contributed by atoms with Gasteiger partial charge in [0.1, 0.15) is 18.0 Å². The summed E-state index contributed by atoms with van der Waals surface area (Å²) in [7, 11) is 1.56. The predicted octanol–water partition coefficient (Wildman–Crippen LogP) is 0.184. The molecule has 0 aromatic heterocycles. The third kappa shape index (κ3) is 5.75. The number of carbonyl (C=O) groups excluding carboxylic acids is 1. The molecule has 0 aliphatic heterocycles. The number of hydrogen-bond acceptors (Lipinski definition) is 7. The van der Waals surface area contributed by atoms with Gasteiger partial charge in [0.05, 0.1) is 6.10 Å². The summed E-state index contributed by atoms with van der Waals surface area (Å²) in [5.74, 6) is 0.0918. The lowest BCUT2D eigenvalue weighted by molar-refractivity contribution is -0.166. The summed E-state index contributed by atoms with van der Waals surface area (Å²) >= 11 is 0. The van der Waals surface area contributed by atoms with Gasteiger partial charge in [-0.2, -0.15) is 0 Å². The van der Waals surface area contributed by atoms with Crippen molar-refractivity contribution < 1.29 is 35.1 Å². The Morgan fingerprint density at radius 1 is 1.03 bits per heavy atom. The van der Waals surface area contributed by atoms with Gasteiger partial charge in [-0.1, -0.05) is 18.2 Å². The van der Waals surface area contributed by atoms with Crippen LogP contribution in [0.4, 0.5) is 0 Å². The highest BCUT2D eigenvalue weighted by molar-refractivity contribution is 5.95. The fraction of sp³-hybridized carbons (Fsp3) is 0.381. The summed E-state index contributed by atoms with van der Waals surface area (Å²) in [4.78, 5) is 11.8. The Kier molecular flexibility index (Phi) is 8.12. The zero-order valence-corrected chi connectivity index (χ0v) is 16.3. The number of amides is 1. The van der Waals surface area contributed by atoms with Crippen molar-refractivity contribution in [3.05, 3.63) is 53.6 Å². The SMILES string of the molecule is CNC(=O)c1cccc(-c2ccc(OC(O)C(O)C(O)C(O)CCO)c(C)c2)c1. The molecule has 0 saturated carbocycles. The number of rotatable bonds is 9. The Balaban J connectivity index is 2.14. The first-order chi connectivity index (χ1) is 13.8. The fourth-order valence-electron chi connectivity index (χ4n) is 2.84. The second kappa shape index (κ2) is 10.3. The van der Waals surface area contributed by atoms with Crippen molar-refractivity contribution in [3.8, 4) is 16.9 Å². The highest BCUT2D eigenvalue weighted by Gasteiger charge is 2.31. The standard InChI is InChI=1S/C21H27NO7/c1-12-10-14(13-4-3-5-15(11-13)20(27)22-2)6-7-17(12)29-21(28)19(26)18(25)16(24)8-9-23/h3-7,10-11,16,18-19,21,23-26,28H,8-9H2,1-2H3,(H,22,27). The van der Waals surface area contributed by atoms with Crippen LogP contribution in [-0.2, 0) is 0 Å². The Labute approximate surface area is 169 Å². The van der Waals surface area contributed by atoms with Crippen LogP contribution in [0.3, 0.4) is 0 Å². The van der Waals surface area contributed by atoms with Gasteiger partial charge in [-0.05, 0) is 54.3 Å². The monoisotopic (exact) mass is 405 g/mol. The third-order valence-electron chi connectivity index (χ3n) is 4.57. The van der Waals surface area contributed by atoms with Crippen LogP contribution in [0.25, 0.3) is 11.1 Å². The molecule has 0 aliphatic carbocycles. The van der Waals surface area contributed by atoms with Gasteiger partial charge in [-0.3, -0.25) is 4.79 Å². The molecule has 0 spiro atoms. The lowest BCUT2D eigenvalue weighted by Gasteiger charge is -2.27. The molecule has 158 valence electrons. The number of benzene rings is 2. The van der Waals surface area contributed by atoms with Crippen molar-refractivity contribution in [2.75, 3.05) is 13.7 Å². The highest BCUT2D eigenvalue weighted by atomic mass is 16.6.